The van der Waals surface area contributed by atoms with E-state index in [2.05, 4.69) is 37.8 Å². The van der Waals surface area contributed by atoms with E-state index in [1.54, 1.807) is 12.1 Å². The molecule has 1 aromatic heterocycles. The van der Waals surface area contributed by atoms with Gasteiger partial charge in [0.25, 0.3) is 0 Å². The zero-order valence-electron chi connectivity index (χ0n) is 20.1. The largest absolute Gasteiger partial charge is 0.332 e. The van der Waals surface area contributed by atoms with E-state index in [1.807, 2.05) is 45.0 Å². The predicted molar refractivity (Wildman–Crippen MR) is 144 cm³/mol. The van der Waals surface area contributed by atoms with Gasteiger partial charge in [-0.2, -0.15) is 0 Å². The number of hydrogen-bond acceptors (Lipinski definition) is 6. The Balaban J connectivity index is 1.73. The molecule has 9 nitrogen and oxygen atoms in total. The molecule has 0 aliphatic rings. The zero-order chi connectivity index (χ0) is 25.6. The number of nitrogens with one attached hydrogen (secondary N) is 3. The van der Waals surface area contributed by atoms with Crippen molar-refractivity contribution in [2.75, 3.05) is 17.2 Å². The van der Waals surface area contributed by atoms with Crippen LogP contribution in [0.15, 0.2) is 58.4 Å². The third-order valence-corrected chi connectivity index (χ3v) is 6.26. The van der Waals surface area contributed by atoms with Crippen LogP contribution in [0, 0.1) is 27.7 Å². The molecular formula is C24H29N7O2S2. The summed E-state index contributed by atoms with van der Waals surface area (Å²) in [6, 6.07) is 14.3. The molecule has 0 radical (unpaired) electrons. The highest BCUT2D eigenvalue weighted by atomic mass is 32.2. The van der Waals surface area contributed by atoms with Gasteiger partial charge in [0, 0.05) is 23.6 Å². The average molecular weight is 512 g/mol. The highest BCUT2D eigenvalue weighted by Gasteiger charge is 2.09. The number of sulfonamides is 1. The number of nitrogens with zero attached hydrogens (tertiary/aromatic N) is 3. The molecule has 0 spiro atoms. The Morgan fingerprint density at radius 2 is 1.60 bits per heavy atom. The molecule has 0 amide bonds. The summed E-state index contributed by atoms with van der Waals surface area (Å²) in [6.45, 7) is 8.28. The standard InChI is InChI=1S/C24H29N7O2S2/c1-15-5-8-20(13-16(15)2)29-24(34)31-22(30-23-27-17(3)14-18(4)28-23)26-12-11-19-6-9-21(10-7-19)35(25,32)33/h5-10,13-14H,11-12H2,1-4H3,(H2,25,32,33)(H3,26,27,28,29,30,31,34). The van der Waals surface area contributed by atoms with Crippen LogP contribution in [0.3, 0.4) is 0 Å². The van der Waals surface area contributed by atoms with Crippen molar-refractivity contribution in [3.63, 3.8) is 0 Å². The topological polar surface area (TPSA) is 134 Å². The lowest BCUT2D eigenvalue weighted by Crippen LogP contribution is -2.39. The van der Waals surface area contributed by atoms with Crippen molar-refractivity contribution >= 4 is 44.9 Å². The Morgan fingerprint density at radius 3 is 2.20 bits per heavy atom. The summed E-state index contributed by atoms with van der Waals surface area (Å²) in [5.41, 5.74) is 5.78. The molecule has 3 rings (SSSR count). The number of hydrogen-bond donors (Lipinski definition) is 4. The number of guanidine groups is 1. The average Bonchev–Trinajstić information content (AvgIpc) is 2.75. The lowest BCUT2D eigenvalue weighted by Gasteiger charge is -2.15. The number of aromatic nitrogens is 2. The van der Waals surface area contributed by atoms with Gasteiger partial charge in [0.2, 0.25) is 21.9 Å². The van der Waals surface area contributed by atoms with Crippen molar-refractivity contribution in [3.05, 3.63) is 76.6 Å². The fourth-order valence-electron chi connectivity index (χ4n) is 3.23. The van der Waals surface area contributed by atoms with Crippen molar-refractivity contribution in [1.29, 1.82) is 0 Å². The Labute approximate surface area is 211 Å². The van der Waals surface area contributed by atoms with Crippen LogP contribution in [-0.4, -0.2) is 36.0 Å². The van der Waals surface area contributed by atoms with Crippen LogP contribution < -0.4 is 21.1 Å². The third kappa shape index (κ3) is 8.09. The molecule has 184 valence electrons. The van der Waals surface area contributed by atoms with Crippen LogP contribution in [0.2, 0.25) is 0 Å². The smallest absolute Gasteiger partial charge is 0.238 e. The van der Waals surface area contributed by atoms with Crippen molar-refractivity contribution < 1.29 is 8.42 Å². The quantitative estimate of drug-likeness (QED) is 0.225. The molecule has 5 N–H and O–H groups in total. The van der Waals surface area contributed by atoms with Gasteiger partial charge in [-0.05, 0) is 93.4 Å². The first-order valence-electron chi connectivity index (χ1n) is 10.9. The predicted octanol–water partition coefficient (Wildman–Crippen LogP) is 3.35. The Kier molecular flexibility index (Phi) is 8.49. The van der Waals surface area contributed by atoms with Crippen LogP contribution in [0.25, 0.3) is 0 Å². The summed E-state index contributed by atoms with van der Waals surface area (Å²) in [7, 11) is -3.72. The molecule has 0 unspecified atom stereocenters. The minimum atomic E-state index is -3.72. The second-order valence-corrected chi connectivity index (χ2v) is 10.1. The summed E-state index contributed by atoms with van der Waals surface area (Å²) in [5.74, 6) is 0.790. The van der Waals surface area contributed by atoms with Gasteiger partial charge in [-0.15, -0.1) is 0 Å². The lowest BCUT2D eigenvalue weighted by molar-refractivity contribution is 0.598. The number of primary sulfonamides is 1. The van der Waals surface area contributed by atoms with Crippen molar-refractivity contribution in [2.24, 2.45) is 10.1 Å². The number of thiocarbonyl (C=S) groups is 1. The molecule has 3 aromatic rings. The molecule has 1 heterocycles. The number of anilines is 2. The van der Waals surface area contributed by atoms with E-state index >= 15 is 0 Å². The zero-order valence-corrected chi connectivity index (χ0v) is 21.7. The summed E-state index contributed by atoms with van der Waals surface area (Å²) < 4.78 is 22.9. The molecule has 0 saturated heterocycles. The van der Waals surface area contributed by atoms with Crippen LogP contribution in [0.5, 0.6) is 0 Å². The van der Waals surface area contributed by atoms with E-state index in [1.165, 1.54) is 17.7 Å². The molecule has 0 aliphatic carbocycles. The summed E-state index contributed by atoms with van der Waals surface area (Å²) >= 11 is 5.50. The maximum Gasteiger partial charge on any atom is 0.238 e. The van der Waals surface area contributed by atoms with Gasteiger partial charge in [0.1, 0.15) is 0 Å². The van der Waals surface area contributed by atoms with Crippen LogP contribution in [0.1, 0.15) is 28.1 Å². The maximum absolute atomic E-state index is 11.4. The molecule has 11 heteroatoms. The van der Waals surface area contributed by atoms with Crippen molar-refractivity contribution in [3.8, 4) is 0 Å². The highest BCUT2D eigenvalue weighted by molar-refractivity contribution is 7.89. The first-order valence-corrected chi connectivity index (χ1v) is 12.9. The van der Waals surface area contributed by atoms with Crippen LogP contribution in [-0.2, 0) is 16.4 Å². The molecule has 0 fully saturated rings. The number of aliphatic imine (C=N–C) groups is 1. The maximum atomic E-state index is 11.4. The molecular weight excluding hydrogens is 482 g/mol. The fraction of sp³-hybridized carbons (Fsp3) is 0.250. The number of nitrogens with two attached hydrogens (primary N) is 1. The summed E-state index contributed by atoms with van der Waals surface area (Å²) in [5, 5.41) is 14.9. The second-order valence-electron chi connectivity index (χ2n) is 8.15. The number of benzene rings is 2. The van der Waals surface area contributed by atoms with Crippen molar-refractivity contribution in [2.45, 2.75) is 39.0 Å². The van der Waals surface area contributed by atoms with Crippen molar-refractivity contribution in [1.82, 2.24) is 15.3 Å². The molecule has 35 heavy (non-hydrogen) atoms. The Bertz CT molecular complexity index is 1330. The Hall–Kier alpha value is -3.41. The van der Waals surface area contributed by atoms with E-state index < -0.39 is 10.0 Å². The first-order chi connectivity index (χ1) is 16.5. The summed E-state index contributed by atoms with van der Waals surface area (Å²) in [4.78, 5) is 13.5. The molecule has 0 atom stereocenters. The van der Waals surface area contributed by atoms with E-state index in [4.69, 9.17) is 17.4 Å². The third-order valence-electron chi connectivity index (χ3n) is 5.13. The Morgan fingerprint density at radius 1 is 0.943 bits per heavy atom. The van der Waals surface area contributed by atoms with Gasteiger partial charge in [-0.3, -0.25) is 10.3 Å². The molecule has 0 bridgehead atoms. The molecule has 2 aromatic carbocycles. The van der Waals surface area contributed by atoms with E-state index in [0.29, 0.717) is 30.0 Å². The first kappa shape index (κ1) is 26.2. The van der Waals surface area contributed by atoms with Gasteiger partial charge in [0.05, 0.1) is 4.90 Å². The van der Waals surface area contributed by atoms with E-state index in [9.17, 15) is 8.42 Å². The number of aryl methyl sites for hydroxylation is 4. The van der Waals surface area contributed by atoms with Gasteiger partial charge in [-0.25, -0.2) is 23.5 Å². The molecule has 0 saturated carbocycles. The minimum absolute atomic E-state index is 0.0727. The van der Waals surface area contributed by atoms with E-state index in [0.717, 1.165) is 28.2 Å². The molecule has 0 aliphatic heterocycles. The monoisotopic (exact) mass is 511 g/mol. The fourth-order valence-corrected chi connectivity index (χ4v) is 3.96. The van der Waals surface area contributed by atoms with Gasteiger partial charge in [0.15, 0.2) is 5.11 Å². The van der Waals surface area contributed by atoms with Crippen LogP contribution >= 0.6 is 12.2 Å². The van der Waals surface area contributed by atoms with Gasteiger partial charge < -0.3 is 10.6 Å². The minimum Gasteiger partial charge on any atom is -0.332 e. The second kappa shape index (κ2) is 11.3. The van der Waals surface area contributed by atoms with Gasteiger partial charge in [-0.1, -0.05) is 18.2 Å². The van der Waals surface area contributed by atoms with Gasteiger partial charge >= 0.3 is 0 Å². The number of rotatable bonds is 6. The lowest BCUT2D eigenvalue weighted by atomic mass is 10.1. The van der Waals surface area contributed by atoms with Crippen LogP contribution in [0.4, 0.5) is 11.6 Å². The normalized spacial score (nSPS) is 11.7. The summed E-state index contributed by atoms with van der Waals surface area (Å²) in [6.07, 6.45) is 0.572. The highest BCUT2D eigenvalue weighted by Crippen LogP contribution is 2.14. The SMILES string of the molecule is Cc1cc(C)nc(NC(=NCCc2ccc(S(N)(=O)=O)cc2)NC(=S)Nc2ccc(C)c(C)c2)n1. The van der Waals surface area contributed by atoms with E-state index in [-0.39, 0.29) is 4.90 Å².